The highest BCUT2D eigenvalue weighted by molar-refractivity contribution is 7.90. The highest BCUT2D eigenvalue weighted by Gasteiger charge is 2.24. The van der Waals surface area contributed by atoms with E-state index in [0.717, 1.165) is 12.3 Å². The maximum Gasteiger partial charge on any atom is 0.293 e. The third kappa shape index (κ3) is 4.20. The third-order valence-electron chi connectivity index (χ3n) is 3.72. The maximum absolute atomic E-state index is 12.3. The summed E-state index contributed by atoms with van der Waals surface area (Å²) in [5.41, 5.74) is -0.163. The zero-order chi connectivity index (χ0) is 17.9. The molecular weight excluding hydrogens is 338 g/mol. The zero-order valence-corrected chi connectivity index (χ0v) is 14.3. The highest BCUT2D eigenvalue weighted by atomic mass is 32.2. The second-order valence-corrected chi connectivity index (χ2v) is 7.54. The number of likely N-dealkylation sites (N-methyl/N-ethyl adjacent to an activating group) is 1. The molecule has 0 atom stereocenters. The lowest BCUT2D eigenvalue weighted by atomic mass is 10.2. The molecule has 132 valence electrons. The van der Waals surface area contributed by atoms with Gasteiger partial charge >= 0.3 is 0 Å². The second kappa shape index (κ2) is 7.14. The number of nitro benzene ring substituents is 1. The fourth-order valence-electron chi connectivity index (χ4n) is 2.40. The lowest BCUT2D eigenvalue weighted by molar-refractivity contribution is -0.384. The van der Waals surface area contributed by atoms with Crippen LogP contribution in [0.5, 0.6) is 0 Å². The first-order chi connectivity index (χ1) is 11.2. The van der Waals surface area contributed by atoms with Crippen LogP contribution in [0.3, 0.4) is 0 Å². The molecule has 0 aliphatic carbocycles. The number of hydrogen-bond donors (Lipinski definition) is 0. The second-order valence-electron chi connectivity index (χ2n) is 5.53. The summed E-state index contributed by atoms with van der Waals surface area (Å²) in [4.78, 5) is 25.8. The lowest BCUT2D eigenvalue weighted by Gasteiger charge is -2.29. The molecule has 9 nitrogen and oxygen atoms in total. The molecule has 0 bridgehead atoms. The molecule has 24 heavy (non-hydrogen) atoms. The average Bonchev–Trinajstić information content (AvgIpc) is 2.54. The normalized spacial score (nSPS) is 15.2. The van der Waals surface area contributed by atoms with Crippen molar-refractivity contribution < 1.29 is 22.9 Å². The standard InChI is InChI=1S/C14H19N3O6S/c1-15(10-14(18)16-5-7-23-8-6-16)12-4-3-11(24(2,21)22)9-13(12)17(19)20/h3-4,9H,5-8,10H2,1-2H3. The Morgan fingerprint density at radius 2 is 2.00 bits per heavy atom. The number of anilines is 1. The molecule has 2 rings (SSSR count). The van der Waals surface area contributed by atoms with Crippen molar-refractivity contribution in [1.82, 2.24) is 4.90 Å². The van der Waals surface area contributed by atoms with E-state index < -0.39 is 14.8 Å². The summed E-state index contributed by atoms with van der Waals surface area (Å²) in [6.07, 6.45) is 0.984. The molecule has 0 spiro atoms. The van der Waals surface area contributed by atoms with E-state index in [4.69, 9.17) is 4.74 Å². The molecule has 0 unspecified atom stereocenters. The van der Waals surface area contributed by atoms with Crippen LogP contribution >= 0.6 is 0 Å². The first-order valence-electron chi connectivity index (χ1n) is 7.25. The number of amides is 1. The number of ether oxygens (including phenoxy) is 1. The Labute approximate surface area is 139 Å². The van der Waals surface area contributed by atoms with Gasteiger partial charge in [0, 0.05) is 32.5 Å². The lowest BCUT2D eigenvalue weighted by Crippen LogP contribution is -2.45. The Balaban J connectivity index is 2.23. The van der Waals surface area contributed by atoms with Crippen LogP contribution in [-0.4, -0.2) is 70.3 Å². The minimum Gasteiger partial charge on any atom is -0.378 e. The first kappa shape index (κ1) is 18.1. The molecule has 10 heteroatoms. The van der Waals surface area contributed by atoms with Gasteiger partial charge in [0.05, 0.1) is 29.6 Å². The number of nitro groups is 1. The third-order valence-corrected chi connectivity index (χ3v) is 4.83. The van der Waals surface area contributed by atoms with Gasteiger partial charge in [-0.1, -0.05) is 0 Å². The van der Waals surface area contributed by atoms with Gasteiger partial charge in [-0.05, 0) is 12.1 Å². The smallest absolute Gasteiger partial charge is 0.293 e. The molecular formula is C14H19N3O6S. The molecule has 1 aliphatic rings. The maximum atomic E-state index is 12.3. The SMILES string of the molecule is CN(CC(=O)N1CCOCC1)c1ccc(S(C)(=O)=O)cc1[N+](=O)[O-]. The topological polar surface area (TPSA) is 110 Å². The van der Waals surface area contributed by atoms with Crippen LogP contribution in [-0.2, 0) is 19.4 Å². The van der Waals surface area contributed by atoms with E-state index in [0.29, 0.717) is 26.3 Å². The molecule has 1 amide bonds. The van der Waals surface area contributed by atoms with Crippen LogP contribution in [0.4, 0.5) is 11.4 Å². The molecule has 1 heterocycles. The zero-order valence-electron chi connectivity index (χ0n) is 13.5. The Kier molecular flexibility index (Phi) is 5.40. The monoisotopic (exact) mass is 357 g/mol. The summed E-state index contributed by atoms with van der Waals surface area (Å²) in [7, 11) is -2.00. The number of carbonyl (C=O) groups excluding carboxylic acids is 1. The summed E-state index contributed by atoms with van der Waals surface area (Å²) in [5.74, 6) is -0.165. The quantitative estimate of drug-likeness (QED) is 0.550. The van der Waals surface area contributed by atoms with Gasteiger partial charge in [-0.15, -0.1) is 0 Å². The van der Waals surface area contributed by atoms with Crippen molar-refractivity contribution in [2.75, 3.05) is 51.1 Å². The fraction of sp³-hybridized carbons (Fsp3) is 0.500. The molecule has 1 fully saturated rings. The molecule has 1 aromatic carbocycles. The van der Waals surface area contributed by atoms with Crippen LogP contribution in [0.15, 0.2) is 23.1 Å². The Morgan fingerprint density at radius 1 is 1.38 bits per heavy atom. The van der Waals surface area contributed by atoms with Gasteiger partial charge in [-0.25, -0.2) is 8.42 Å². The van der Waals surface area contributed by atoms with E-state index in [1.807, 2.05) is 0 Å². The predicted molar refractivity (Wildman–Crippen MR) is 86.9 cm³/mol. The summed E-state index contributed by atoms with van der Waals surface area (Å²) < 4.78 is 28.3. The van der Waals surface area contributed by atoms with E-state index in [2.05, 4.69) is 0 Å². The van der Waals surface area contributed by atoms with Crippen LogP contribution in [0.2, 0.25) is 0 Å². The summed E-state index contributed by atoms with van der Waals surface area (Å²) in [5, 5.41) is 11.3. The number of rotatable bonds is 5. The van der Waals surface area contributed by atoms with Crippen molar-refractivity contribution in [3.63, 3.8) is 0 Å². The summed E-state index contributed by atoms with van der Waals surface area (Å²) in [6.45, 7) is 1.87. The molecule has 1 saturated heterocycles. The predicted octanol–water partition coefficient (Wildman–Crippen LogP) is 0.293. The van der Waals surface area contributed by atoms with Gasteiger partial charge in [-0.3, -0.25) is 14.9 Å². The first-order valence-corrected chi connectivity index (χ1v) is 9.14. The van der Waals surface area contributed by atoms with Gasteiger partial charge in [0.25, 0.3) is 5.69 Å². The van der Waals surface area contributed by atoms with E-state index in [-0.39, 0.29) is 28.7 Å². The van der Waals surface area contributed by atoms with Crippen molar-refractivity contribution >= 4 is 27.1 Å². The van der Waals surface area contributed by atoms with Crippen LogP contribution in [0.1, 0.15) is 0 Å². The molecule has 1 aromatic rings. The minimum absolute atomic E-state index is 0.0426. The molecule has 0 N–H and O–H groups in total. The number of hydrogen-bond acceptors (Lipinski definition) is 7. The van der Waals surface area contributed by atoms with Crippen molar-refractivity contribution in [2.45, 2.75) is 4.90 Å². The summed E-state index contributed by atoms with van der Waals surface area (Å²) in [6, 6.07) is 3.66. The van der Waals surface area contributed by atoms with Crippen LogP contribution < -0.4 is 4.90 Å². The number of sulfone groups is 1. The van der Waals surface area contributed by atoms with E-state index >= 15 is 0 Å². The molecule has 0 saturated carbocycles. The fourth-order valence-corrected chi connectivity index (χ4v) is 3.04. The van der Waals surface area contributed by atoms with E-state index in [1.165, 1.54) is 17.0 Å². The van der Waals surface area contributed by atoms with Gasteiger partial charge in [0.2, 0.25) is 5.91 Å². The van der Waals surface area contributed by atoms with Gasteiger partial charge < -0.3 is 14.5 Å². The van der Waals surface area contributed by atoms with Crippen molar-refractivity contribution in [3.8, 4) is 0 Å². The number of morpholine rings is 1. The Hall–Kier alpha value is -2.20. The molecule has 0 aromatic heterocycles. The number of nitrogens with zero attached hydrogens (tertiary/aromatic N) is 3. The van der Waals surface area contributed by atoms with Gasteiger partial charge in [0.15, 0.2) is 9.84 Å². The molecule has 0 radical (unpaired) electrons. The van der Waals surface area contributed by atoms with Gasteiger partial charge in [0.1, 0.15) is 5.69 Å². The van der Waals surface area contributed by atoms with E-state index in [1.54, 1.807) is 11.9 Å². The van der Waals surface area contributed by atoms with Gasteiger partial charge in [-0.2, -0.15) is 0 Å². The van der Waals surface area contributed by atoms with Crippen LogP contribution in [0.25, 0.3) is 0 Å². The van der Waals surface area contributed by atoms with Crippen LogP contribution in [0, 0.1) is 10.1 Å². The highest BCUT2D eigenvalue weighted by Crippen LogP contribution is 2.30. The summed E-state index contributed by atoms with van der Waals surface area (Å²) >= 11 is 0. The Bertz CT molecular complexity index is 743. The van der Waals surface area contributed by atoms with E-state index in [9.17, 15) is 23.3 Å². The van der Waals surface area contributed by atoms with Crippen molar-refractivity contribution in [3.05, 3.63) is 28.3 Å². The molecule has 1 aliphatic heterocycles. The average molecular weight is 357 g/mol. The minimum atomic E-state index is -3.55. The van der Waals surface area contributed by atoms with Crippen molar-refractivity contribution in [2.24, 2.45) is 0 Å². The Morgan fingerprint density at radius 3 is 2.54 bits per heavy atom. The number of benzene rings is 1. The number of carbonyl (C=O) groups is 1. The largest absolute Gasteiger partial charge is 0.378 e. The van der Waals surface area contributed by atoms with Crippen molar-refractivity contribution in [1.29, 1.82) is 0 Å².